The summed E-state index contributed by atoms with van der Waals surface area (Å²) in [7, 11) is 0. The van der Waals surface area contributed by atoms with Crippen LogP contribution in [-0.4, -0.2) is 51.5 Å². The highest BCUT2D eigenvalue weighted by Crippen LogP contribution is 2.44. The van der Waals surface area contributed by atoms with Gasteiger partial charge in [-0.05, 0) is 83.4 Å². The lowest BCUT2D eigenvalue weighted by atomic mass is 9.71. The van der Waals surface area contributed by atoms with Crippen LogP contribution in [-0.2, 0) is 11.3 Å². The fourth-order valence-electron chi connectivity index (χ4n) is 5.44. The third-order valence-electron chi connectivity index (χ3n) is 6.95. The van der Waals surface area contributed by atoms with E-state index in [4.69, 9.17) is 4.74 Å². The maximum atomic E-state index is 14.3. The van der Waals surface area contributed by atoms with Crippen LogP contribution >= 0.6 is 0 Å². The molecule has 0 aliphatic carbocycles. The zero-order valence-electron chi connectivity index (χ0n) is 21.5. The number of rotatable bonds is 5. The average Bonchev–Trinajstić information content (AvgIpc) is 2.99. The van der Waals surface area contributed by atoms with Crippen molar-refractivity contribution in [2.24, 2.45) is 0 Å². The number of benzene rings is 2. The second kappa shape index (κ2) is 9.26. The molecule has 4 rings (SSSR count). The number of urea groups is 1. The van der Waals surface area contributed by atoms with Gasteiger partial charge in [0.15, 0.2) is 0 Å². The van der Waals surface area contributed by atoms with Crippen LogP contribution in [0, 0.1) is 5.82 Å². The Morgan fingerprint density at radius 2 is 1.86 bits per heavy atom. The van der Waals surface area contributed by atoms with Crippen LogP contribution in [0.15, 0.2) is 48.5 Å². The summed E-state index contributed by atoms with van der Waals surface area (Å²) in [6, 6.07) is 14.0. The highest BCUT2D eigenvalue weighted by Gasteiger charge is 2.61. The number of amides is 3. The molecule has 3 unspecified atom stereocenters. The largest absolute Gasteiger partial charge is 0.491 e. The SMILES string of the molecule is CC(C)Oc1cccc(CN2CC(c3cccc(F)c3)C3(CC2C)NC(=O)N(C(C)(C)C)C3=O)c1. The van der Waals surface area contributed by atoms with Crippen molar-refractivity contribution in [3.05, 3.63) is 65.5 Å². The number of likely N-dealkylation sites (tertiary alicyclic amines) is 1. The lowest BCUT2D eigenvalue weighted by Crippen LogP contribution is -2.62. The number of nitrogens with zero attached hydrogens (tertiary/aromatic N) is 2. The van der Waals surface area contributed by atoms with Crippen molar-refractivity contribution in [3.63, 3.8) is 0 Å². The maximum absolute atomic E-state index is 14.3. The van der Waals surface area contributed by atoms with Gasteiger partial charge < -0.3 is 10.1 Å². The minimum Gasteiger partial charge on any atom is -0.491 e. The molecule has 1 spiro atoms. The number of hydrogen-bond donors (Lipinski definition) is 1. The first kappa shape index (κ1) is 25.2. The van der Waals surface area contributed by atoms with Gasteiger partial charge in [0.25, 0.3) is 5.91 Å². The second-order valence-corrected chi connectivity index (χ2v) is 11.1. The van der Waals surface area contributed by atoms with Gasteiger partial charge in [0.2, 0.25) is 0 Å². The van der Waals surface area contributed by atoms with Crippen molar-refractivity contribution in [2.45, 2.75) is 83.6 Å². The van der Waals surface area contributed by atoms with Crippen LogP contribution in [0.25, 0.3) is 0 Å². The standard InChI is InChI=1S/C28H36FN3O3/c1-18(2)35-23-12-7-9-20(13-23)16-31-17-24(21-10-8-11-22(29)14-21)28(15-19(31)3)25(33)32(26(34)30-28)27(4,5)6/h7-14,18-19,24H,15-17H2,1-6H3,(H,30,34). The lowest BCUT2D eigenvalue weighted by Gasteiger charge is -2.48. The maximum Gasteiger partial charge on any atom is 0.325 e. The first-order valence-corrected chi connectivity index (χ1v) is 12.3. The number of carbonyl (C=O) groups is 2. The normalized spacial score (nSPS) is 25.4. The first-order chi connectivity index (χ1) is 16.4. The molecule has 2 aromatic carbocycles. The molecule has 0 bridgehead atoms. The van der Waals surface area contributed by atoms with Crippen molar-refractivity contribution in [1.82, 2.24) is 15.1 Å². The molecule has 0 saturated carbocycles. The van der Waals surface area contributed by atoms with Crippen molar-refractivity contribution in [1.29, 1.82) is 0 Å². The molecule has 7 heteroatoms. The van der Waals surface area contributed by atoms with E-state index in [1.54, 1.807) is 6.07 Å². The lowest BCUT2D eigenvalue weighted by molar-refractivity contribution is -0.138. The third kappa shape index (κ3) is 4.92. The van der Waals surface area contributed by atoms with Gasteiger partial charge in [-0.3, -0.25) is 14.6 Å². The van der Waals surface area contributed by atoms with Gasteiger partial charge in [0.05, 0.1) is 6.10 Å². The summed E-state index contributed by atoms with van der Waals surface area (Å²) in [6.45, 7) is 12.8. The molecule has 188 valence electrons. The molecule has 2 heterocycles. The van der Waals surface area contributed by atoms with Crippen LogP contribution in [0.1, 0.15) is 65.0 Å². The Morgan fingerprint density at radius 3 is 2.49 bits per heavy atom. The predicted octanol–water partition coefficient (Wildman–Crippen LogP) is 5.08. The van der Waals surface area contributed by atoms with Crippen LogP contribution in [0.4, 0.5) is 9.18 Å². The van der Waals surface area contributed by atoms with E-state index >= 15 is 0 Å². The number of carbonyl (C=O) groups excluding carboxylic acids is 2. The van der Waals surface area contributed by atoms with Gasteiger partial charge in [-0.1, -0.05) is 24.3 Å². The quantitative estimate of drug-likeness (QED) is 0.605. The summed E-state index contributed by atoms with van der Waals surface area (Å²) in [5, 5.41) is 3.06. The van der Waals surface area contributed by atoms with Crippen molar-refractivity contribution < 1.29 is 18.7 Å². The van der Waals surface area contributed by atoms with Crippen molar-refractivity contribution in [3.8, 4) is 5.75 Å². The van der Waals surface area contributed by atoms with Crippen LogP contribution in [0.3, 0.4) is 0 Å². The van der Waals surface area contributed by atoms with Crippen molar-refractivity contribution >= 4 is 11.9 Å². The highest BCUT2D eigenvalue weighted by molar-refractivity contribution is 6.08. The topological polar surface area (TPSA) is 61.9 Å². The zero-order valence-corrected chi connectivity index (χ0v) is 21.5. The molecule has 1 N–H and O–H groups in total. The molecule has 2 aliphatic rings. The fourth-order valence-corrected chi connectivity index (χ4v) is 5.44. The molecule has 6 nitrogen and oxygen atoms in total. The van der Waals surface area contributed by atoms with E-state index in [0.29, 0.717) is 25.1 Å². The Morgan fingerprint density at radius 1 is 1.14 bits per heavy atom. The summed E-state index contributed by atoms with van der Waals surface area (Å²) >= 11 is 0. The van der Waals surface area contributed by atoms with E-state index in [0.717, 1.165) is 11.3 Å². The second-order valence-electron chi connectivity index (χ2n) is 11.1. The van der Waals surface area contributed by atoms with E-state index in [1.807, 2.05) is 58.9 Å². The smallest absolute Gasteiger partial charge is 0.325 e. The number of ether oxygens (including phenoxy) is 1. The third-order valence-corrected chi connectivity index (χ3v) is 6.95. The van der Waals surface area contributed by atoms with Crippen LogP contribution in [0.5, 0.6) is 5.75 Å². The molecule has 2 aliphatic heterocycles. The summed E-state index contributed by atoms with van der Waals surface area (Å²) in [5.74, 6) is -0.165. The van der Waals surface area contributed by atoms with E-state index in [2.05, 4.69) is 23.2 Å². The van der Waals surface area contributed by atoms with Crippen LogP contribution in [0.2, 0.25) is 0 Å². The Balaban J connectivity index is 1.69. The molecule has 2 aromatic rings. The summed E-state index contributed by atoms with van der Waals surface area (Å²) in [6.07, 6.45) is 0.521. The van der Waals surface area contributed by atoms with Gasteiger partial charge in [-0.25, -0.2) is 9.18 Å². The molecule has 0 aromatic heterocycles. The molecule has 3 atom stereocenters. The Hall–Kier alpha value is -2.93. The summed E-state index contributed by atoms with van der Waals surface area (Å²) in [5.41, 5.74) is 0.0377. The van der Waals surface area contributed by atoms with Gasteiger partial charge in [0, 0.05) is 30.6 Å². The first-order valence-electron chi connectivity index (χ1n) is 12.3. The van der Waals surface area contributed by atoms with Gasteiger partial charge in [0.1, 0.15) is 17.1 Å². The number of piperidine rings is 1. The fraction of sp³-hybridized carbons (Fsp3) is 0.500. The Kier molecular flexibility index (Phi) is 6.66. The monoisotopic (exact) mass is 481 g/mol. The van der Waals surface area contributed by atoms with Gasteiger partial charge >= 0.3 is 6.03 Å². The number of halogens is 1. The zero-order chi connectivity index (χ0) is 25.5. The minimum atomic E-state index is -1.11. The molecule has 2 saturated heterocycles. The van der Waals surface area contributed by atoms with Crippen molar-refractivity contribution in [2.75, 3.05) is 6.54 Å². The van der Waals surface area contributed by atoms with E-state index in [1.165, 1.54) is 17.0 Å². The number of hydrogen-bond acceptors (Lipinski definition) is 4. The molecule has 35 heavy (non-hydrogen) atoms. The van der Waals surface area contributed by atoms with E-state index < -0.39 is 17.0 Å². The summed E-state index contributed by atoms with van der Waals surface area (Å²) in [4.78, 5) is 30.6. The molecule has 0 radical (unpaired) electrons. The van der Waals surface area contributed by atoms with Crippen LogP contribution < -0.4 is 10.1 Å². The van der Waals surface area contributed by atoms with Gasteiger partial charge in [-0.15, -0.1) is 0 Å². The summed E-state index contributed by atoms with van der Waals surface area (Å²) < 4.78 is 20.2. The molecule has 2 fully saturated rings. The van der Waals surface area contributed by atoms with Gasteiger partial charge in [-0.2, -0.15) is 0 Å². The predicted molar refractivity (Wildman–Crippen MR) is 134 cm³/mol. The average molecular weight is 482 g/mol. The minimum absolute atomic E-state index is 0.0126. The number of imide groups is 1. The molecular weight excluding hydrogens is 445 g/mol. The molecule has 3 amide bonds. The Bertz CT molecular complexity index is 1110. The van der Waals surface area contributed by atoms with E-state index in [9.17, 15) is 14.0 Å². The highest BCUT2D eigenvalue weighted by atomic mass is 19.1. The molecular formula is C28H36FN3O3. The van der Waals surface area contributed by atoms with E-state index in [-0.39, 0.29) is 29.9 Å². The number of nitrogens with one attached hydrogen (secondary N) is 1. The Labute approximate surface area is 207 Å².